The number of nitrogens with one attached hydrogen (secondary N) is 2. The van der Waals surface area contributed by atoms with Gasteiger partial charge in [0.05, 0.1) is 12.7 Å². The van der Waals surface area contributed by atoms with E-state index in [4.69, 9.17) is 9.26 Å². The number of pyridine rings is 1. The number of ether oxygens (including phenoxy) is 1. The van der Waals surface area contributed by atoms with E-state index < -0.39 is 5.91 Å². The van der Waals surface area contributed by atoms with Crippen LogP contribution >= 0.6 is 11.3 Å². The molecule has 0 atom stereocenters. The van der Waals surface area contributed by atoms with Crippen LogP contribution in [0.4, 0.5) is 5.00 Å². The van der Waals surface area contributed by atoms with Crippen LogP contribution in [0, 0.1) is 0 Å². The number of nitrogens with zero attached hydrogens (tertiary/aromatic N) is 2. The molecule has 0 saturated carbocycles. The van der Waals surface area contributed by atoms with Crippen LogP contribution in [0.25, 0.3) is 11.3 Å². The Kier molecular flexibility index (Phi) is 6.58. The normalized spacial score (nSPS) is 12.6. The quantitative estimate of drug-likeness (QED) is 0.385. The molecule has 9 heteroatoms. The number of hydrogen-bond donors (Lipinski definition) is 2. The Morgan fingerprint density at radius 1 is 1.11 bits per heavy atom. The molecule has 0 saturated heterocycles. The molecule has 0 fully saturated rings. The zero-order valence-corrected chi connectivity index (χ0v) is 20.0. The summed E-state index contributed by atoms with van der Waals surface area (Å²) in [6.07, 6.45) is 7.24. The largest absolute Gasteiger partial charge is 0.497 e. The van der Waals surface area contributed by atoms with Crippen LogP contribution in [0.3, 0.4) is 0 Å². The lowest BCUT2D eigenvalue weighted by Crippen LogP contribution is -2.25. The summed E-state index contributed by atoms with van der Waals surface area (Å²) in [5.41, 5.74) is 3.40. The van der Waals surface area contributed by atoms with Gasteiger partial charge in [0.25, 0.3) is 11.8 Å². The minimum atomic E-state index is -0.423. The molecule has 0 unspecified atom stereocenters. The second-order valence-corrected chi connectivity index (χ2v) is 9.32. The van der Waals surface area contributed by atoms with E-state index in [0.717, 1.165) is 53.0 Å². The number of benzene rings is 1. The van der Waals surface area contributed by atoms with E-state index in [2.05, 4.69) is 20.8 Å². The standard InChI is InChI=1S/C26H24N4O4S/c1-33-18-10-8-17(9-11-18)21-13-20(30-34-21)24(31)29-26-23(19-6-2-3-7-22(19)35-26)25(32)28-15-16-5-4-12-27-14-16/h4-5,8-14H,2-3,6-7,15H2,1H3,(H,28,32)(H,29,31). The van der Waals surface area contributed by atoms with E-state index in [1.807, 2.05) is 36.4 Å². The SMILES string of the molecule is COc1ccc(-c2cc(C(=O)Nc3sc4c(c3C(=O)NCc3cccnc3)CCCC4)no2)cc1. The summed E-state index contributed by atoms with van der Waals surface area (Å²) in [7, 11) is 1.60. The summed E-state index contributed by atoms with van der Waals surface area (Å²) in [6, 6.07) is 12.6. The predicted octanol–water partition coefficient (Wildman–Crippen LogP) is 4.87. The van der Waals surface area contributed by atoms with E-state index in [0.29, 0.717) is 22.9 Å². The van der Waals surface area contributed by atoms with E-state index in [1.165, 1.54) is 11.3 Å². The van der Waals surface area contributed by atoms with Gasteiger partial charge in [-0.05, 0) is 67.1 Å². The average molecular weight is 489 g/mol. The van der Waals surface area contributed by atoms with Crippen LogP contribution in [0.15, 0.2) is 59.4 Å². The van der Waals surface area contributed by atoms with Gasteiger partial charge < -0.3 is 19.9 Å². The molecule has 4 aromatic rings. The zero-order valence-electron chi connectivity index (χ0n) is 19.2. The summed E-state index contributed by atoms with van der Waals surface area (Å²) in [4.78, 5) is 31.5. The molecule has 178 valence electrons. The number of hydrogen-bond acceptors (Lipinski definition) is 7. The lowest BCUT2D eigenvalue weighted by molar-refractivity contribution is 0.0951. The van der Waals surface area contributed by atoms with E-state index >= 15 is 0 Å². The summed E-state index contributed by atoms with van der Waals surface area (Å²) in [6.45, 7) is 0.360. The number of rotatable bonds is 7. The van der Waals surface area contributed by atoms with Crippen molar-refractivity contribution in [3.05, 3.63) is 82.1 Å². The monoisotopic (exact) mass is 488 g/mol. The fourth-order valence-electron chi connectivity index (χ4n) is 4.11. The second-order valence-electron chi connectivity index (χ2n) is 8.22. The predicted molar refractivity (Wildman–Crippen MR) is 133 cm³/mol. The highest BCUT2D eigenvalue weighted by atomic mass is 32.1. The Bertz CT molecular complexity index is 1350. The number of carbonyl (C=O) groups excluding carboxylic acids is 2. The van der Waals surface area contributed by atoms with E-state index in [9.17, 15) is 9.59 Å². The van der Waals surface area contributed by atoms with Crippen LogP contribution in [-0.2, 0) is 19.4 Å². The molecule has 8 nitrogen and oxygen atoms in total. The first kappa shape index (κ1) is 22.8. The fourth-order valence-corrected chi connectivity index (χ4v) is 5.39. The Morgan fingerprint density at radius 3 is 2.71 bits per heavy atom. The molecule has 0 spiro atoms. The highest BCUT2D eigenvalue weighted by Crippen LogP contribution is 2.38. The first-order valence-corrected chi connectivity index (χ1v) is 12.2. The topological polar surface area (TPSA) is 106 Å². The fraction of sp³-hybridized carbons (Fsp3) is 0.231. The average Bonchev–Trinajstić information content (AvgIpc) is 3.53. The maximum absolute atomic E-state index is 13.2. The van der Waals surface area contributed by atoms with Crippen molar-refractivity contribution in [2.75, 3.05) is 12.4 Å². The van der Waals surface area contributed by atoms with Crippen LogP contribution in [0.5, 0.6) is 5.75 Å². The van der Waals surface area contributed by atoms with Gasteiger partial charge in [-0.25, -0.2) is 0 Å². The molecule has 1 aliphatic carbocycles. The van der Waals surface area contributed by atoms with Crippen LogP contribution in [0.2, 0.25) is 0 Å². The Balaban J connectivity index is 1.36. The molecule has 2 N–H and O–H groups in total. The molecule has 35 heavy (non-hydrogen) atoms. The van der Waals surface area contributed by atoms with Crippen molar-refractivity contribution in [2.24, 2.45) is 0 Å². The lowest BCUT2D eigenvalue weighted by atomic mass is 9.95. The highest BCUT2D eigenvalue weighted by Gasteiger charge is 2.27. The molecule has 1 aliphatic rings. The number of carbonyl (C=O) groups is 2. The maximum Gasteiger partial charge on any atom is 0.278 e. The van der Waals surface area contributed by atoms with Gasteiger partial charge in [-0.2, -0.15) is 0 Å². The second kappa shape index (κ2) is 10.1. The van der Waals surface area contributed by atoms with Crippen molar-refractivity contribution in [1.29, 1.82) is 0 Å². The summed E-state index contributed by atoms with van der Waals surface area (Å²) >= 11 is 1.46. The molecule has 1 aromatic carbocycles. The summed E-state index contributed by atoms with van der Waals surface area (Å²) in [5.74, 6) is 0.566. The number of aromatic nitrogens is 2. The molecule has 2 amide bonds. The molecule has 0 radical (unpaired) electrons. The number of aryl methyl sites for hydroxylation is 1. The molecule has 5 rings (SSSR count). The number of fused-ring (bicyclic) bond motifs is 1. The van der Waals surface area contributed by atoms with Gasteiger partial charge in [-0.15, -0.1) is 11.3 Å². The number of methoxy groups -OCH3 is 1. The zero-order chi connectivity index (χ0) is 24.2. The van der Waals surface area contributed by atoms with Gasteiger partial charge in [-0.3, -0.25) is 14.6 Å². The van der Waals surface area contributed by atoms with Gasteiger partial charge in [0, 0.05) is 35.4 Å². The molecular formula is C26H24N4O4S. The van der Waals surface area contributed by atoms with E-state index in [-0.39, 0.29) is 11.6 Å². The highest BCUT2D eigenvalue weighted by molar-refractivity contribution is 7.17. The Labute approximate surface area is 206 Å². The third kappa shape index (κ3) is 4.95. The molecular weight excluding hydrogens is 464 g/mol. The first-order valence-electron chi connectivity index (χ1n) is 11.4. The Morgan fingerprint density at radius 2 is 1.94 bits per heavy atom. The first-order chi connectivity index (χ1) is 17.1. The van der Waals surface area contributed by atoms with E-state index in [1.54, 1.807) is 25.6 Å². The lowest BCUT2D eigenvalue weighted by Gasteiger charge is -2.13. The van der Waals surface area contributed by atoms with Crippen molar-refractivity contribution < 1.29 is 18.8 Å². The maximum atomic E-state index is 13.2. The molecule has 3 aromatic heterocycles. The van der Waals surface area contributed by atoms with Gasteiger partial charge in [0.15, 0.2) is 11.5 Å². The minimum absolute atomic E-state index is 0.143. The Hall–Kier alpha value is -3.98. The van der Waals surface area contributed by atoms with Gasteiger partial charge in [-0.1, -0.05) is 11.2 Å². The third-order valence-electron chi connectivity index (χ3n) is 5.92. The minimum Gasteiger partial charge on any atom is -0.497 e. The van der Waals surface area contributed by atoms with Gasteiger partial charge in [0.1, 0.15) is 10.8 Å². The summed E-state index contributed by atoms with van der Waals surface area (Å²) < 4.78 is 10.6. The van der Waals surface area contributed by atoms with Crippen molar-refractivity contribution >= 4 is 28.2 Å². The van der Waals surface area contributed by atoms with Crippen molar-refractivity contribution in [2.45, 2.75) is 32.2 Å². The van der Waals surface area contributed by atoms with Crippen LogP contribution in [0.1, 0.15) is 49.7 Å². The van der Waals surface area contributed by atoms with Crippen molar-refractivity contribution in [3.63, 3.8) is 0 Å². The smallest absolute Gasteiger partial charge is 0.278 e. The third-order valence-corrected chi connectivity index (χ3v) is 7.13. The van der Waals surface area contributed by atoms with Crippen molar-refractivity contribution in [3.8, 4) is 17.1 Å². The summed E-state index contributed by atoms with van der Waals surface area (Å²) in [5, 5.41) is 10.4. The van der Waals surface area contributed by atoms with Gasteiger partial charge in [0.2, 0.25) is 0 Å². The number of anilines is 1. The number of thiophene rings is 1. The van der Waals surface area contributed by atoms with Crippen molar-refractivity contribution in [1.82, 2.24) is 15.5 Å². The molecule has 3 heterocycles. The molecule has 0 aliphatic heterocycles. The van der Waals surface area contributed by atoms with Gasteiger partial charge >= 0.3 is 0 Å². The molecule has 0 bridgehead atoms. The van der Waals surface area contributed by atoms with Crippen LogP contribution < -0.4 is 15.4 Å². The number of amides is 2. The van der Waals surface area contributed by atoms with Crippen LogP contribution in [-0.4, -0.2) is 29.1 Å².